The van der Waals surface area contributed by atoms with Crippen molar-refractivity contribution in [2.75, 3.05) is 5.32 Å². The van der Waals surface area contributed by atoms with Crippen molar-refractivity contribution in [3.8, 4) is 17.0 Å². The fraction of sp³-hybridized carbons (Fsp3) is 0.0833. The first kappa shape index (κ1) is 20.1. The molecule has 5 rings (SSSR count). The Morgan fingerprint density at radius 3 is 2.50 bits per heavy atom. The van der Waals surface area contributed by atoms with Gasteiger partial charge in [-0.05, 0) is 68.4 Å². The molecule has 1 N–H and O–H groups in total. The molecule has 158 valence electrons. The van der Waals surface area contributed by atoms with E-state index < -0.39 is 0 Å². The standard InChI is InChI=1S/C24H18BrN5O2/c1-14-3-9-18(10-4-14)26-24(31)22-15(2)30(29-27-22)19-11-12-21-20(13-19)23(32-28-21)16-5-7-17(25)8-6-16/h3-13H,1-2H3,(H,26,31). The highest BCUT2D eigenvalue weighted by Gasteiger charge is 2.19. The van der Waals surface area contributed by atoms with Crippen LogP contribution in [0.15, 0.2) is 75.7 Å². The van der Waals surface area contributed by atoms with Gasteiger partial charge in [0.1, 0.15) is 5.52 Å². The fourth-order valence-corrected chi connectivity index (χ4v) is 3.75. The van der Waals surface area contributed by atoms with E-state index in [1.54, 1.807) is 4.68 Å². The number of nitrogens with one attached hydrogen (secondary N) is 1. The van der Waals surface area contributed by atoms with Gasteiger partial charge in [0.25, 0.3) is 5.91 Å². The van der Waals surface area contributed by atoms with E-state index in [2.05, 4.69) is 36.7 Å². The maximum atomic E-state index is 12.7. The zero-order chi connectivity index (χ0) is 22.2. The third kappa shape index (κ3) is 3.69. The number of benzene rings is 3. The lowest BCUT2D eigenvalue weighted by Crippen LogP contribution is -2.14. The van der Waals surface area contributed by atoms with Crippen LogP contribution in [0.2, 0.25) is 0 Å². The molecule has 0 fully saturated rings. The summed E-state index contributed by atoms with van der Waals surface area (Å²) in [5, 5.41) is 16.2. The number of halogens is 1. The number of rotatable bonds is 4. The number of amides is 1. The summed E-state index contributed by atoms with van der Waals surface area (Å²) in [6.07, 6.45) is 0. The minimum absolute atomic E-state index is 0.268. The Kier molecular flexibility index (Phi) is 5.07. The molecule has 8 heteroatoms. The number of hydrogen-bond donors (Lipinski definition) is 1. The third-order valence-corrected chi connectivity index (χ3v) is 5.76. The Morgan fingerprint density at radius 1 is 1.00 bits per heavy atom. The molecule has 2 aromatic heterocycles. The minimum atomic E-state index is -0.306. The van der Waals surface area contributed by atoms with Gasteiger partial charge in [-0.15, -0.1) is 5.10 Å². The van der Waals surface area contributed by atoms with Gasteiger partial charge in [0.2, 0.25) is 0 Å². The molecule has 7 nitrogen and oxygen atoms in total. The summed E-state index contributed by atoms with van der Waals surface area (Å²) in [4.78, 5) is 12.7. The first-order chi connectivity index (χ1) is 15.5. The quantitative estimate of drug-likeness (QED) is 0.351. The molecule has 0 radical (unpaired) electrons. The second kappa shape index (κ2) is 8.05. The molecule has 0 saturated carbocycles. The third-order valence-electron chi connectivity index (χ3n) is 5.23. The van der Waals surface area contributed by atoms with Crippen LogP contribution in [-0.4, -0.2) is 26.1 Å². The molecule has 0 aliphatic carbocycles. The summed E-state index contributed by atoms with van der Waals surface area (Å²) >= 11 is 3.45. The lowest BCUT2D eigenvalue weighted by molar-refractivity contribution is 0.102. The number of nitrogens with zero attached hydrogens (tertiary/aromatic N) is 4. The molecule has 0 spiro atoms. The number of anilines is 1. The molecule has 0 bridgehead atoms. The molecule has 3 aromatic carbocycles. The predicted octanol–water partition coefficient (Wildman–Crippen LogP) is 5.71. The lowest BCUT2D eigenvalue weighted by Gasteiger charge is -2.06. The summed E-state index contributed by atoms with van der Waals surface area (Å²) in [6, 6.07) is 21.1. The number of hydrogen-bond acceptors (Lipinski definition) is 5. The summed E-state index contributed by atoms with van der Waals surface area (Å²) in [6.45, 7) is 3.81. The van der Waals surface area contributed by atoms with Crippen LogP contribution < -0.4 is 5.32 Å². The van der Waals surface area contributed by atoms with Gasteiger partial charge in [0, 0.05) is 15.7 Å². The second-order valence-corrected chi connectivity index (χ2v) is 8.39. The van der Waals surface area contributed by atoms with Gasteiger partial charge in [0.05, 0.1) is 16.8 Å². The zero-order valence-corrected chi connectivity index (χ0v) is 18.9. The van der Waals surface area contributed by atoms with E-state index in [0.29, 0.717) is 17.1 Å². The maximum Gasteiger partial charge on any atom is 0.278 e. The van der Waals surface area contributed by atoms with Gasteiger partial charge >= 0.3 is 0 Å². The highest BCUT2D eigenvalue weighted by atomic mass is 79.9. The topological polar surface area (TPSA) is 85.8 Å². The van der Waals surface area contributed by atoms with Crippen LogP contribution in [0.3, 0.4) is 0 Å². The Balaban J connectivity index is 1.48. The van der Waals surface area contributed by atoms with E-state index in [9.17, 15) is 4.79 Å². The zero-order valence-electron chi connectivity index (χ0n) is 17.3. The van der Waals surface area contributed by atoms with Crippen LogP contribution >= 0.6 is 15.9 Å². The van der Waals surface area contributed by atoms with Gasteiger partial charge in [-0.1, -0.05) is 44.0 Å². The van der Waals surface area contributed by atoms with Crippen LogP contribution in [0.4, 0.5) is 5.69 Å². The van der Waals surface area contributed by atoms with E-state index in [1.165, 1.54) is 0 Å². The highest BCUT2D eigenvalue weighted by Crippen LogP contribution is 2.31. The average molecular weight is 488 g/mol. The molecule has 1 amide bonds. The summed E-state index contributed by atoms with van der Waals surface area (Å²) in [5.74, 6) is 0.365. The van der Waals surface area contributed by atoms with Crippen molar-refractivity contribution >= 4 is 38.4 Å². The largest absolute Gasteiger partial charge is 0.355 e. The van der Waals surface area contributed by atoms with Crippen molar-refractivity contribution in [3.05, 3.63) is 88.2 Å². The molecular formula is C24H18BrN5O2. The molecule has 0 aliphatic rings. The van der Waals surface area contributed by atoms with Crippen LogP contribution in [-0.2, 0) is 0 Å². The van der Waals surface area contributed by atoms with Crippen LogP contribution in [0.1, 0.15) is 21.7 Å². The molecule has 32 heavy (non-hydrogen) atoms. The SMILES string of the molecule is Cc1ccc(NC(=O)c2nnn(-c3ccc4noc(-c5ccc(Br)cc5)c4c3)c2C)cc1. The molecule has 0 unspecified atom stereocenters. The Labute approximate surface area is 192 Å². The van der Waals surface area contributed by atoms with Gasteiger partial charge in [-0.2, -0.15) is 0 Å². The van der Waals surface area contributed by atoms with E-state index in [1.807, 2.05) is 80.6 Å². The van der Waals surface area contributed by atoms with Crippen molar-refractivity contribution in [1.82, 2.24) is 20.2 Å². The number of aryl methyl sites for hydroxylation is 1. The molecular weight excluding hydrogens is 470 g/mol. The van der Waals surface area contributed by atoms with Gasteiger partial charge < -0.3 is 9.84 Å². The van der Waals surface area contributed by atoms with Gasteiger partial charge in [0.15, 0.2) is 11.5 Å². The lowest BCUT2D eigenvalue weighted by atomic mass is 10.1. The molecule has 2 heterocycles. The average Bonchev–Trinajstić information content (AvgIpc) is 3.39. The van der Waals surface area contributed by atoms with Crippen molar-refractivity contribution in [2.45, 2.75) is 13.8 Å². The first-order valence-electron chi connectivity index (χ1n) is 9.96. The van der Waals surface area contributed by atoms with Crippen molar-refractivity contribution < 1.29 is 9.32 Å². The van der Waals surface area contributed by atoms with Gasteiger partial charge in [-0.25, -0.2) is 4.68 Å². The molecule has 0 aliphatic heterocycles. The summed E-state index contributed by atoms with van der Waals surface area (Å²) in [5.41, 5.74) is 5.15. The predicted molar refractivity (Wildman–Crippen MR) is 126 cm³/mol. The van der Waals surface area contributed by atoms with Crippen LogP contribution in [0.5, 0.6) is 0 Å². The first-order valence-corrected chi connectivity index (χ1v) is 10.7. The van der Waals surface area contributed by atoms with Crippen molar-refractivity contribution in [2.24, 2.45) is 0 Å². The normalized spacial score (nSPS) is 11.1. The van der Waals surface area contributed by atoms with Crippen LogP contribution in [0.25, 0.3) is 27.9 Å². The fourth-order valence-electron chi connectivity index (χ4n) is 3.48. The van der Waals surface area contributed by atoms with Gasteiger partial charge in [-0.3, -0.25) is 4.79 Å². The number of fused-ring (bicyclic) bond motifs is 1. The Morgan fingerprint density at radius 2 is 1.75 bits per heavy atom. The number of aromatic nitrogens is 4. The van der Waals surface area contributed by atoms with Crippen LogP contribution in [0, 0.1) is 13.8 Å². The minimum Gasteiger partial charge on any atom is -0.355 e. The summed E-state index contributed by atoms with van der Waals surface area (Å²) < 4.78 is 8.23. The Hall–Kier alpha value is -3.78. The highest BCUT2D eigenvalue weighted by molar-refractivity contribution is 9.10. The van der Waals surface area contributed by atoms with Crippen molar-refractivity contribution in [3.63, 3.8) is 0 Å². The second-order valence-electron chi connectivity index (χ2n) is 7.48. The Bertz CT molecular complexity index is 1440. The number of carbonyl (C=O) groups is 1. The van der Waals surface area contributed by atoms with Crippen molar-refractivity contribution in [1.29, 1.82) is 0 Å². The molecule has 0 atom stereocenters. The number of carbonyl (C=O) groups excluding carboxylic acids is 1. The van der Waals surface area contributed by atoms with E-state index in [-0.39, 0.29) is 11.6 Å². The van der Waals surface area contributed by atoms with E-state index in [0.717, 1.165) is 32.2 Å². The monoisotopic (exact) mass is 487 g/mol. The smallest absolute Gasteiger partial charge is 0.278 e. The van der Waals surface area contributed by atoms with E-state index >= 15 is 0 Å². The molecule has 5 aromatic rings. The van der Waals surface area contributed by atoms with E-state index in [4.69, 9.17) is 4.52 Å². The summed E-state index contributed by atoms with van der Waals surface area (Å²) in [7, 11) is 0. The molecule has 0 saturated heterocycles. The maximum absolute atomic E-state index is 12.7.